The Morgan fingerprint density at radius 2 is 1.16 bits per heavy atom. The van der Waals surface area contributed by atoms with Crippen LogP contribution in [-0.4, -0.2) is 18.7 Å². The second-order valence-corrected chi connectivity index (χ2v) is 12.4. The molecule has 0 aromatic heterocycles. The number of unbranched alkanes of at least 4 members (excludes halogenated alkanes) is 10. The number of carbonyl (C=O) groups is 1. The molecule has 0 fully saturated rings. The minimum absolute atomic E-state index is 0.0746. The lowest BCUT2D eigenvalue weighted by Crippen LogP contribution is -2.17. The molecule has 4 heteroatoms. The Morgan fingerprint density at radius 3 is 1.76 bits per heavy atom. The molecule has 0 spiro atoms. The standard InChI is InChI=1S/C41H58O4/c1-5-8-10-11-12-13-14-15-16-19-32-43-33(4)34-24-26-35(27-25-34)36-28-30-37(31-29-36)41(42)45-40-23-18-17-22-39(40)44-38(20-7-3)21-9-6-2/h17-18,22-31,33,38H,5-16,19-21,32H2,1-4H3. The molecule has 0 aliphatic carbocycles. The number of benzene rings is 3. The first-order valence-electron chi connectivity index (χ1n) is 17.9. The van der Waals surface area contributed by atoms with E-state index in [1.807, 2.05) is 42.5 Å². The van der Waals surface area contributed by atoms with E-state index in [9.17, 15) is 4.79 Å². The third-order valence-electron chi connectivity index (χ3n) is 8.54. The Hall–Kier alpha value is -3.11. The predicted molar refractivity (Wildman–Crippen MR) is 188 cm³/mol. The minimum atomic E-state index is -0.387. The molecule has 3 aromatic rings. The highest BCUT2D eigenvalue weighted by Gasteiger charge is 2.16. The highest BCUT2D eigenvalue weighted by Crippen LogP contribution is 2.30. The van der Waals surface area contributed by atoms with Gasteiger partial charge in [-0.3, -0.25) is 0 Å². The van der Waals surface area contributed by atoms with Gasteiger partial charge in [0.1, 0.15) is 0 Å². The summed E-state index contributed by atoms with van der Waals surface area (Å²) in [6.07, 6.45) is 18.8. The average molecular weight is 615 g/mol. The topological polar surface area (TPSA) is 44.8 Å². The second kappa shape index (κ2) is 21.6. The molecule has 4 nitrogen and oxygen atoms in total. The third-order valence-corrected chi connectivity index (χ3v) is 8.54. The normalized spacial score (nSPS) is 12.5. The Morgan fingerprint density at radius 1 is 0.600 bits per heavy atom. The monoisotopic (exact) mass is 614 g/mol. The molecule has 0 N–H and O–H groups in total. The van der Waals surface area contributed by atoms with Crippen molar-refractivity contribution >= 4 is 5.97 Å². The van der Waals surface area contributed by atoms with Crippen LogP contribution in [-0.2, 0) is 4.74 Å². The maximum absolute atomic E-state index is 13.0. The fourth-order valence-electron chi connectivity index (χ4n) is 5.68. The van der Waals surface area contributed by atoms with Crippen molar-refractivity contribution in [3.63, 3.8) is 0 Å². The highest BCUT2D eigenvalue weighted by atomic mass is 16.6. The van der Waals surface area contributed by atoms with E-state index in [4.69, 9.17) is 14.2 Å². The molecule has 246 valence electrons. The zero-order chi connectivity index (χ0) is 32.1. The lowest BCUT2D eigenvalue weighted by atomic mass is 10.0. The van der Waals surface area contributed by atoms with Crippen LogP contribution in [0.25, 0.3) is 11.1 Å². The van der Waals surface area contributed by atoms with Gasteiger partial charge >= 0.3 is 5.97 Å². The van der Waals surface area contributed by atoms with Crippen molar-refractivity contribution in [3.8, 4) is 22.6 Å². The Bertz CT molecular complexity index is 1200. The van der Waals surface area contributed by atoms with Crippen LogP contribution >= 0.6 is 0 Å². The van der Waals surface area contributed by atoms with Gasteiger partial charge in [-0.05, 0) is 67.1 Å². The molecule has 0 saturated carbocycles. The van der Waals surface area contributed by atoms with Gasteiger partial charge in [0.25, 0.3) is 0 Å². The Kier molecular flexibility index (Phi) is 17.4. The lowest BCUT2D eigenvalue weighted by molar-refractivity contribution is 0.0627. The molecule has 0 bridgehead atoms. The van der Waals surface area contributed by atoms with E-state index in [0.29, 0.717) is 17.1 Å². The van der Waals surface area contributed by atoms with Crippen molar-refractivity contribution in [2.24, 2.45) is 0 Å². The van der Waals surface area contributed by atoms with Gasteiger partial charge in [-0.15, -0.1) is 0 Å². The van der Waals surface area contributed by atoms with Gasteiger partial charge in [-0.25, -0.2) is 4.79 Å². The summed E-state index contributed by atoms with van der Waals surface area (Å²) in [6.45, 7) is 9.57. The largest absolute Gasteiger partial charge is 0.487 e. The number of carbonyl (C=O) groups excluding carboxylic acids is 1. The molecule has 45 heavy (non-hydrogen) atoms. The van der Waals surface area contributed by atoms with Crippen molar-refractivity contribution in [3.05, 3.63) is 83.9 Å². The first kappa shape index (κ1) is 36.4. The molecular weight excluding hydrogens is 556 g/mol. The van der Waals surface area contributed by atoms with Crippen LogP contribution < -0.4 is 9.47 Å². The van der Waals surface area contributed by atoms with E-state index in [-0.39, 0.29) is 18.2 Å². The molecular formula is C41H58O4. The Labute approximate surface area is 273 Å². The maximum atomic E-state index is 13.0. The molecule has 0 amide bonds. The number of esters is 1. The van der Waals surface area contributed by atoms with Crippen LogP contribution in [0, 0.1) is 0 Å². The van der Waals surface area contributed by atoms with Crippen molar-refractivity contribution in [2.75, 3.05) is 6.61 Å². The quantitative estimate of drug-likeness (QED) is 0.0605. The average Bonchev–Trinajstić information content (AvgIpc) is 3.07. The minimum Gasteiger partial charge on any atom is -0.487 e. The van der Waals surface area contributed by atoms with E-state index in [1.54, 1.807) is 6.07 Å². The predicted octanol–water partition coefficient (Wildman–Crippen LogP) is 12.3. The van der Waals surface area contributed by atoms with Gasteiger partial charge in [0, 0.05) is 6.61 Å². The number of hydrogen-bond donors (Lipinski definition) is 0. The molecule has 0 aliphatic rings. The second-order valence-electron chi connectivity index (χ2n) is 12.4. The van der Waals surface area contributed by atoms with Crippen molar-refractivity contribution in [2.45, 2.75) is 136 Å². The van der Waals surface area contributed by atoms with Crippen LogP contribution in [0.4, 0.5) is 0 Å². The molecule has 0 saturated heterocycles. The SMILES string of the molecule is CCCCCCCCCCCCOC(C)c1ccc(-c2ccc(C(=O)Oc3ccccc3OC(CCC)CCCC)cc2)cc1. The van der Waals surface area contributed by atoms with Crippen LogP contribution in [0.1, 0.15) is 146 Å². The van der Waals surface area contributed by atoms with Gasteiger partial charge in [-0.1, -0.05) is 146 Å². The lowest BCUT2D eigenvalue weighted by Gasteiger charge is -2.20. The fraction of sp³-hybridized carbons (Fsp3) is 0.537. The van der Waals surface area contributed by atoms with Crippen molar-refractivity contribution in [1.82, 2.24) is 0 Å². The summed E-state index contributed by atoms with van der Waals surface area (Å²) in [4.78, 5) is 13.0. The van der Waals surface area contributed by atoms with Crippen LogP contribution in [0.2, 0.25) is 0 Å². The van der Waals surface area contributed by atoms with Gasteiger partial charge in [0.2, 0.25) is 0 Å². The first-order chi connectivity index (χ1) is 22.0. The highest BCUT2D eigenvalue weighted by molar-refractivity contribution is 5.92. The van der Waals surface area contributed by atoms with Crippen LogP contribution in [0.15, 0.2) is 72.8 Å². The van der Waals surface area contributed by atoms with Crippen molar-refractivity contribution < 1.29 is 19.0 Å². The first-order valence-corrected chi connectivity index (χ1v) is 17.9. The summed E-state index contributed by atoms with van der Waals surface area (Å²) in [5.74, 6) is 0.699. The summed E-state index contributed by atoms with van der Waals surface area (Å²) in [6, 6.07) is 23.6. The molecule has 2 atom stereocenters. The fourth-order valence-corrected chi connectivity index (χ4v) is 5.68. The number of rotatable bonds is 23. The summed E-state index contributed by atoms with van der Waals surface area (Å²) < 4.78 is 18.2. The maximum Gasteiger partial charge on any atom is 0.343 e. The summed E-state index contributed by atoms with van der Waals surface area (Å²) >= 11 is 0. The zero-order valence-corrected chi connectivity index (χ0v) is 28.5. The molecule has 0 aliphatic heterocycles. The summed E-state index contributed by atoms with van der Waals surface area (Å²) in [7, 11) is 0. The summed E-state index contributed by atoms with van der Waals surface area (Å²) in [5.41, 5.74) is 3.85. The van der Waals surface area contributed by atoms with E-state index in [1.165, 1.54) is 63.4 Å². The third kappa shape index (κ3) is 13.4. The van der Waals surface area contributed by atoms with Gasteiger partial charge in [0.15, 0.2) is 11.5 Å². The van der Waals surface area contributed by atoms with Gasteiger partial charge < -0.3 is 14.2 Å². The number of ether oxygens (including phenoxy) is 3. The summed E-state index contributed by atoms with van der Waals surface area (Å²) in [5, 5.41) is 0. The number of para-hydroxylation sites is 2. The van der Waals surface area contributed by atoms with Crippen LogP contribution in [0.3, 0.4) is 0 Å². The zero-order valence-electron chi connectivity index (χ0n) is 28.5. The smallest absolute Gasteiger partial charge is 0.343 e. The number of hydrogen-bond acceptors (Lipinski definition) is 4. The van der Waals surface area contributed by atoms with Gasteiger partial charge in [-0.2, -0.15) is 0 Å². The van der Waals surface area contributed by atoms with E-state index >= 15 is 0 Å². The van der Waals surface area contributed by atoms with E-state index in [0.717, 1.165) is 56.3 Å². The van der Waals surface area contributed by atoms with Gasteiger partial charge in [0.05, 0.1) is 17.8 Å². The molecule has 3 aromatic carbocycles. The molecule has 2 unspecified atom stereocenters. The van der Waals surface area contributed by atoms with Crippen molar-refractivity contribution in [1.29, 1.82) is 0 Å². The van der Waals surface area contributed by atoms with E-state index in [2.05, 4.69) is 52.0 Å². The molecule has 0 heterocycles. The van der Waals surface area contributed by atoms with E-state index < -0.39 is 0 Å². The molecule has 0 radical (unpaired) electrons. The molecule has 3 rings (SSSR count). The Balaban J connectivity index is 1.45. The van der Waals surface area contributed by atoms with Crippen LogP contribution in [0.5, 0.6) is 11.5 Å².